The van der Waals surface area contributed by atoms with E-state index < -0.39 is 10.0 Å². The molecule has 1 amide bonds. The maximum absolute atomic E-state index is 12.7. The Bertz CT molecular complexity index is 934. The lowest BCUT2D eigenvalue weighted by molar-refractivity contribution is 0.102. The summed E-state index contributed by atoms with van der Waals surface area (Å²) in [6, 6.07) is 10.4. The molecule has 2 aromatic rings. The molecule has 5 nitrogen and oxygen atoms in total. The Morgan fingerprint density at radius 2 is 1.92 bits per heavy atom. The van der Waals surface area contributed by atoms with E-state index in [1.165, 1.54) is 4.31 Å². The molecule has 1 aliphatic heterocycles. The predicted octanol–water partition coefficient (Wildman–Crippen LogP) is 4.14. The van der Waals surface area contributed by atoms with Gasteiger partial charge in [-0.05, 0) is 62.1 Å². The van der Waals surface area contributed by atoms with Gasteiger partial charge < -0.3 is 5.32 Å². The van der Waals surface area contributed by atoms with Crippen LogP contribution in [0.3, 0.4) is 0 Å². The normalized spacial score (nSPS) is 16.3. The molecule has 1 aliphatic rings. The van der Waals surface area contributed by atoms with Crippen molar-refractivity contribution in [3.05, 3.63) is 58.1 Å². The van der Waals surface area contributed by atoms with Crippen LogP contribution in [-0.4, -0.2) is 26.6 Å². The van der Waals surface area contributed by atoms with Crippen molar-refractivity contribution in [2.45, 2.75) is 26.7 Å². The average Bonchev–Trinajstić information content (AvgIpc) is 2.57. The molecule has 0 spiro atoms. The Hall–Kier alpha value is -2.05. The van der Waals surface area contributed by atoms with E-state index in [-0.39, 0.29) is 11.7 Å². The van der Waals surface area contributed by atoms with Gasteiger partial charge in [0.25, 0.3) is 5.91 Å². The minimum Gasteiger partial charge on any atom is -0.320 e. The van der Waals surface area contributed by atoms with Gasteiger partial charge in [-0.25, -0.2) is 8.42 Å². The Morgan fingerprint density at radius 3 is 2.62 bits per heavy atom. The van der Waals surface area contributed by atoms with E-state index in [9.17, 15) is 13.2 Å². The smallest absolute Gasteiger partial charge is 0.255 e. The highest BCUT2D eigenvalue weighted by Gasteiger charge is 2.26. The topological polar surface area (TPSA) is 66.5 Å². The third-order valence-corrected chi connectivity index (χ3v) is 6.58. The number of nitrogens with one attached hydrogen (secondary N) is 1. The molecule has 2 aromatic carbocycles. The number of halogens is 1. The quantitative estimate of drug-likeness (QED) is 0.853. The first-order chi connectivity index (χ1) is 12.3. The van der Waals surface area contributed by atoms with Crippen LogP contribution >= 0.6 is 11.6 Å². The molecule has 1 N–H and O–H groups in total. The molecule has 138 valence electrons. The number of aryl methyl sites for hydroxylation is 2. The number of hydrogen-bond acceptors (Lipinski definition) is 3. The van der Waals surface area contributed by atoms with Gasteiger partial charge in [-0.3, -0.25) is 9.10 Å². The van der Waals surface area contributed by atoms with Crippen molar-refractivity contribution in [3.63, 3.8) is 0 Å². The third kappa shape index (κ3) is 3.86. The van der Waals surface area contributed by atoms with Crippen molar-refractivity contribution in [1.29, 1.82) is 0 Å². The fourth-order valence-corrected chi connectivity index (χ4v) is 5.14. The molecule has 1 saturated heterocycles. The summed E-state index contributed by atoms with van der Waals surface area (Å²) in [5.41, 5.74) is 3.36. The number of carbonyl (C=O) groups is 1. The number of amides is 1. The standard InChI is InChI=1S/C19H21ClN2O3S/c1-13-10-14(2)18(17(20)11-13)21-19(23)15-6-5-7-16(12-15)22-8-3-4-9-26(22,24)25/h5-7,10-12H,3-4,8-9H2,1-2H3,(H,21,23). The van der Waals surface area contributed by atoms with Gasteiger partial charge in [-0.15, -0.1) is 0 Å². The van der Waals surface area contributed by atoms with Crippen molar-refractivity contribution in [2.24, 2.45) is 0 Å². The van der Waals surface area contributed by atoms with Gasteiger partial charge in [-0.1, -0.05) is 23.7 Å². The van der Waals surface area contributed by atoms with Crippen LogP contribution in [0.2, 0.25) is 5.02 Å². The van der Waals surface area contributed by atoms with E-state index >= 15 is 0 Å². The Balaban J connectivity index is 1.88. The Morgan fingerprint density at radius 1 is 1.15 bits per heavy atom. The van der Waals surface area contributed by atoms with Gasteiger partial charge in [0.15, 0.2) is 0 Å². The first-order valence-electron chi connectivity index (χ1n) is 8.46. The van der Waals surface area contributed by atoms with E-state index in [1.54, 1.807) is 30.3 Å². The van der Waals surface area contributed by atoms with E-state index in [1.807, 2.05) is 19.9 Å². The van der Waals surface area contributed by atoms with E-state index in [0.717, 1.165) is 17.5 Å². The first-order valence-corrected chi connectivity index (χ1v) is 10.5. The highest BCUT2D eigenvalue weighted by Crippen LogP contribution is 2.29. The lowest BCUT2D eigenvalue weighted by atomic mass is 10.1. The molecule has 0 saturated carbocycles. The van der Waals surface area contributed by atoms with Crippen LogP contribution < -0.4 is 9.62 Å². The molecular formula is C19H21ClN2O3S. The van der Waals surface area contributed by atoms with Crippen LogP contribution in [0.4, 0.5) is 11.4 Å². The van der Waals surface area contributed by atoms with Gasteiger partial charge in [0.1, 0.15) is 0 Å². The SMILES string of the molecule is Cc1cc(C)c(NC(=O)c2cccc(N3CCCCS3(=O)=O)c2)c(Cl)c1. The zero-order valence-electron chi connectivity index (χ0n) is 14.8. The summed E-state index contributed by atoms with van der Waals surface area (Å²) < 4.78 is 26.0. The molecular weight excluding hydrogens is 372 g/mol. The Kier molecular flexibility index (Phi) is 5.25. The van der Waals surface area contributed by atoms with Crippen molar-refractivity contribution < 1.29 is 13.2 Å². The summed E-state index contributed by atoms with van der Waals surface area (Å²) in [7, 11) is -3.32. The minimum atomic E-state index is -3.32. The summed E-state index contributed by atoms with van der Waals surface area (Å²) in [5, 5.41) is 3.31. The third-order valence-electron chi connectivity index (χ3n) is 4.42. The van der Waals surface area contributed by atoms with Gasteiger partial charge in [0.2, 0.25) is 10.0 Å². The number of nitrogens with zero attached hydrogens (tertiary/aromatic N) is 1. The molecule has 0 unspecified atom stereocenters. The van der Waals surface area contributed by atoms with Crippen LogP contribution in [0.25, 0.3) is 0 Å². The summed E-state index contributed by atoms with van der Waals surface area (Å²) >= 11 is 6.25. The summed E-state index contributed by atoms with van der Waals surface area (Å²) in [5.74, 6) is -0.184. The number of benzene rings is 2. The fraction of sp³-hybridized carbons (Fsp3) is 0.316. The summed E-state index contributed by atoms with van der Waals surface area (Å²) in [6.07, 6.45) is 1.48. The first kappa shape index (κ1) is 18.7. The molecule has 26 heavy (non-hydrogen) atoms. The van der Waals surface area contributed by atoms with Crippen molar-refractivity contribution in [3.8, 4) is 0 Å². The largest absolute Gasteiger partial charge is 0.320 e. The predicted molar refractivity (Wildman–Crippen MR) is 106 cm³/mol. The summed E-state index contributed by atoms with van der Waals surface area (Å²) in [4.78, 5) is 12.7. The number of carbonyl (C=O) groups excluding carboxylic acids is 1. The average molecular weight is 393 g/mol. The van der Waals surface area contributed by atoms with Crippen LogP contribution in [-0.2, 0) is 10.0 Å². The lowest BCUT2D eigenvalue weighted by Gasteiger charge is -2.28. The Labute approximate surface area is 159 Å². The van der Waals surface area contributed by atoms with Crippen molar-refractivity contribution >= 4 is 38.9 Å². The number of anilines is 2. The second kappa shape index (κ2) is 7.29. The fourth-order valence-electron chi connectivity index (χ4n) is 3.14. The highest BCUT2D eigenvalue weighted by atomic mass is 35.5. The number of rotatable bonds is 3. The molecule has 0 aromatic heterocycles. The maximum atomic E-state index is 12.7. The molecule has 0 bridgehead atoms. The molecule has 3 rings (SSSR count). The minimum absolute atomic E-state index is 0.140. The van der Waals surface area contributed by atoms with Gasteiger partial charge >= 0.3 is 0 Å². The molecule has 1 fully saturated rings. The maximum Gasteiger partial charge on any atom is 0.255 e. The molecule has 1 heterocycles. The highest BCUT2D eigenvalue weighted by molar-refractivity contribution is 7.92. The number of sulfonamides is 1. The molecule has 7 heteroatoms. The monoisotopic (exact) mass is 392 g/mol. The zero-order chi connectivity index (χ0) is 18.9. The molecule has 0 radical (unpaired) electrons. The molecule has 0 aliphatic carbocycles. The van der Waals surface area contributed by atoms with Crippen LogP contribution in [0.1, 0.15) is 34.3 Å². The van der Waals surface area contributed by atoms with Crippen LogP contribution in [0, 0.1) is 13.8 Å². The van der Waals surface area contributed by atoms with Crippen molar-refractivity contribution in [1.82, 2.24) is 0 Å². The lowest BCUT2D eigenvalue weighted by Crippen LogP contribution is -2.37. The van der Waals surface area contributed by atoms with Crippen molar-refractivity contribution in [2.75, 3.05) is 21.9 Å². The number of hydrogen-bond donors (Lipinski definition) is 1. The molecule has 0 atom stereocenters. The van der Waals surface area contributed by atoms with Gasteiger partial charge in [0.05, 0.1) is 22.2 Å². The zero-order valence-corrected chi connectivity index (χ0v) is 16.3. The van der Waals surface area contributed by atoms with E-state index in [2.05, 4.69) is 5.32 Å². The van der Waals surface area contributed by atoms with Crippen LogP contribution in [0.15, 0.2) is 36.4 Å². The van der Waals surface area contributed by atoms with Gasteiger partial charge in [-0.2, -0.15) is 0 Å². The van der Waals surface area contributed by atoms with E-state index in [0.29, 0.717) is 34.9 Å². The second-order valence-electron chi connectivity index (χ2n) is 6.54. The van der Waals surface area contributed by atoms with E-state index in [4.69, 9.17) is 11.6 Å². The van der Waals surface area contributed by atoms with Crippen LogP contribution in [0.5, 0.6) is 0 Å². The second-order valence-corrected chi connectivity index (χ2v) is 8.96. The summed E-state index contributed by atoms with van der Waals surface area (Å²) in [6.45, 7) is 4.26. The van der Waals surface area contributed by atoms with Gasteiger partial charge in [0, 0.05) is 12.1 Å².